The number of ether oxygens (including phenoxy) is 3. The van der Waals surface area contributed by atoms with Gasteiger partial charge >= 0.3 is 12.1 Å². The summed E-state index contributed by atoms with van der Waals surface area (Å²) >= 11 is 6.02. The Hall–Kier alpha value is -2.50. The predicted octanol–water partition coefficient (Wildman–Crippen LogP) is 4.78. The van der Waals surface area contributed by atoms with Crippen molar-refractivity contribution in [3.05, 3.63) is 17.2 Å². The van der Waals surface area contributed by atoms with Crippen LogP contribution < -0.4 is 9.64 Å². The Bertz CT molecular complexity index is 1150. The molecule has 0 N–H and O–H groups in total. The lowest BCUT2D eigenvalue weighted by molar-refractivity contribution is 0.00338. The molecule has 0 bridgehead atoms. The van der Waals surface area contributed by atoms with Crippen molar-refractivity contribution >= 4 is 34.4 Å². The number of methoxy groups -OCH3 is 1. The van der Waals surface area contributed by atoms with Gasteiger partial charge in [-0.2, -0.15) is 9.97 Å². The average Bonchev–Trinajstić information content (AvgIpc) is 2.87. The van der Waals surface area contributed by atoms with Gasteiger partial charge in [-0.1, -0.05) is 31.9 Å². The Kier molecular flexibility index (Phi) is 10.2. The van der Waals surface area contributed by atoms with Crippen LogP contribution in [0.3, 0.4) is 0 Å². The topological polar surface area (TPSA) is 93.2 Å². The molecule has 2 unspecified atom stereocenters. The van der Waals surface area contributed by atoms with Gasteiger partial charge < -0.3 is 24.0 Å². The van der Waals surface area contributed by atoms with Gasteiger partial charge in [0.25, 0.3) is 0 Å². The van der Waals surface area contributed by atoms with Crippen LogP contribution in [0.25, 0.3) is 10.9 Å². The number of rotatable bonds is 10. The Balaban J connectivity index is 1.98. The van der Waals surface area contributed by atoms with Gasteiger partial charge in [0.05, 0.1) is 23.6 Å². The highest BCUT2D eigenvalue weighted by atomic mass is 35.5. The monoisotopic (exact) mass is 568 g/mol. The molecule has 1 fully saturated rings. The Labute approximate surface area is 235 Å². The Morgan fingerprint density at radius 1 is 1.23 bits per heavy atom. The average molecular weight is 569 g/mol. The van der Waals surface area contributed by atoms with Crippen molar-refractivity contribution in [2.24, 2.45) is 0 Å². The van der Waals surface area contributed by atoms with E-state index in [4.69, 9.17) is 30.8 Å². The molecule has 2 aromatic heterocycles. The van der Waals surface area contributed by atoms with Gasteiger partial charge in [-0.05, 0) is 47.7 Å². The fourth-order valence-electron chi connectivity index (χ4n) is 4.93. The van der Waals surface area contributed by atoms with Gasteiger partial charge in [-0.25, -0.2) is 14.2 Å². The van der Waals surface area contributed by atoms with Crippen LogP contribution in [0.2, 0.25) is 5.15 Å². The molecule has 0 aliphatic carbocycles. The van der Waals surface area contributed by atoms with Gasteiger partial charge in [0, 0.05) is 32.9 Å². The quantitative estimate of drug-likeness (QED) is 0.375. The first-order chi connectivity index (χ1) is 18.4. The van der Waals surface area contributed by atoms with E-state index in [1.165, 1.54) is 6.20 Å². The van der Waals surface area contributed by atoms with Gasteiger partial charge in [-0.3, -0.25) is 4.90 Å². The molecule has 1 saturated heterocycles. The molecular weight excluding hydrogens is 527 g/mol. The number of halogens is 2. The number of carbonyl (C=O) groups is 1. The van der Waals surface area contributed by atoms with Crippen LogP contribution in [-0.2, 0) is 9.47 Å². The lowest BCUT2D eigenvalue weighted by Gasteiger charge is -2.42. The first-order valence-electron chi connectivity index (χ1n) is 13.4. The zero-order chi connectivity index (χ0) is 29.0. The zero-order valence-electron chi connectivity index (χ0n) is 24.4. The summed E-state index contributed by atoms with van der Waals surface area (Å²) in [5, 5.41) is 0.140. The van der Waals surface area contributed by atoms with E-state index >= 15 is 4.39 Å². The van der Waals surface area contributed by atoms with Crippen LogP contribution in [0, 0.1) is 5.82 Å². The van der Waals surface area contributed by atoms with Crippen molar-refractivity contribution in [2.45, 2.75) is 71.1 Å². The van der Waals surface area contributed by atoms with Crippen molar-refractivity contribution in [1.29, 1.82) is 0 Å². The van der Waals surface area contributed by atoms with Crippen molar-refractivity contribution in [3.8, 4) is 6.01 Å². The number of carbonyl (C=O) groups excluding carboxylic acids is 1. The highest BCUT2D eigenvalue weighted by Crippen LogP contribution is 2.32. The van der Waals surface area contributed by atoms with Crippen LogP contribution in [0.1, 0.15) is 53.9 Å². The second-order valence-electron chi connectivity index (χ2n) is 11.2. The van der Waals surface area contributed by atoms with E-state index in [1.54, 1.807) is 12.0 Å². The normalized spacial score (nSPS) is 18.0. The molecule has 2 aromatic rings. The molecule has 3 heterocycles. The predicted molar refractivity (Wildman–Crippen MR) is 150 cm³/mol. The third-order valence-corrected chi connectivity index (χ3v) is 7.43. The second kappa shape index (κ2) is 12.8. The number of fused-ring (bicyclic) bond motifs is 1. The van der Waals surface area contributed by atoms with Crippen LogP contribution in [0.5, 0.6) is 6.01 Å². The SMILES string of the molecule is CCCC(CC)(COc1nc(N2CCN(C(=O)OC(C)(C)C)C(COC)C2)c2cnc(Cl)c(F)c2n1)N(C)C. The molecule has 1 aliphatic rings. The molecule has 0 aromatic carbocycles. The molecule has 0 saturated carbocycles. The summed E-state index contributed by atoms with van der Waals surface area (Å²) in [5.74, 6) is -0.267. The molecule has 0 radical (unpaired) electrons. The van der Waals surface area contributed by atoms with E-state index in [0.717, 1.165) is 19.3 Å². The number of aromatic nitrogens is 3. The standard InChI is InChI=1S/C27H42ClFN6O4/c1-9-11-27(10-2,33(6)7)17-38-24-31-21-19(14-30-22(28)20(21)29)23(32-24)34-12-13-35(18(15-34)16-37-8)25(36)39-26(3,4)5/h14,18H,9-13,15-17H2,1-8H3. The summed E-state index contributed by atoms with van der Waals surface area (Å²) < 4.78 is 32.4. The van der Waals surface area contributed by atoms with Crippen molar-refractivity contribution in [3.63, 3.8) is 0 Å². The number of hydrogen-bond donors (Lipinski definition) is 0. The molecule has 10 nitrogen and oxygen atoms in total. The van der Waals surface area contributed by atoms with Crippen molar-refractivity contribution in [2.75, 3.05) is 59.0 Å². The van der Waals surface area contributed by atoms with Gasteiger partial charge in [0.15, 0.2) is 11.0 Å². The van der Waals surface area contributed by atoms with Crippen molar-refractivity contribution < 1.29 is 23.4 Å². The number of anilines is 1. The maximum Gasteiger partial charge on any atom is 0.410 e. The smallest absolute Gasteiger partial charge is 0.410 e. The molecule has 218 valence electrons. The summed E-state index contributed by atoms with van der Waals surface area (Å²) in [4.78, 5) is 31.8. The minimum Gasteiger partial charge on any atom is -0.461 e. The van der Waals surface area contributed by atoms with Crippen LogP contribution in [0.4, 0.5) is 15.0 Å². The van der Waals surface area contributed by atoms with E-state index < -0.39 is 17.5 Å². The van der Waals surface area contributed by atoms with Gasteiger partial charge in [0.1, 0.15) is 23.5 Å². The molecule has 1 amide bonds. The summed E-state index contributed by atoms with van der Waals surface area (Å²) in [6, 6.07) is -0.253. The van der Waals surface area contributed by atoms with Crippen LogP contribution in [0.15, 0.2) is 6.20 Å². The molecule has 1 aliphatic heterocycles. The fraction of sp³-hybridized carbons (Fsp3) is 0.704. The summed E-state index contributed by atoms with van der Waals surface area (Å²) in [6.07, 6.45) is 3.84. The van der Waals surface area contributed by atoms with E-state index in [9.17, 15) is 4.79 Å². The van der Waals surface area contributed by atoms with Gasteiger partial charge in [-0.15, -0.1) is 0 Å². The number of pyridine rings is 1. The molecular formula is C27H42ClFN6O4. The first kappa shape index (κ1) is 31.0. The van der Waals surface area contributed by atoms with E-state index in [2.05, 4.69) is 28.7 Å². The molecule has 0 spiro atoms. The summed E-state index contributed by atoms with van der Waals surface area (Å²) in [6.45, 7) is 11.6. The molecule has 39 heavy (non-hydrogen) atoms. The minimum atomic E-state index is -0.730. The maximum absolute atomic E-state index is 15.2. The number of likely N-dealkylation sites (N-methyl/N-ethyl adjacent to an activating group) is 1. The lowest BCUT2D eigenvalue weighted by atomic mass is 9.90. The highest BCUT2D eigenvalue weighted by molar-refractivity contribution is 6.30. The Morgan fingerprint density at radius 2 is 1.95 bits per heavy atom. The maximum atomic E-state index is 15.2. The summed E-state index contributed by atoms with van der Waals surface area (Å²) in [5.41, 5.74) is -0.804. The van der Waals surface area contributed by atoms with E-state index in [-0.39, 0.29) is 28.3 Å². The van der Waals surface area contributed by atoms with Crippen molar-refractivity contribution in [1.82, 2.24) is 24.8 Å². The zero-order valence-corrected chi connectivity index (χ0v) is 25.1. The second-order valence-corrected chi connectivity index (χ2v) is 11.6. The Morgan fingerprint density at radius 3 is 2.54 bits per heavy atom. The molecule has 12 heteroatoms. The fourth-order valence-corrected chi connectivity index (χ4v) is 5.07. The highest BCUT2D eigenvalue weighted by Gasteiger charge is 2.36. The molecule has 2 atom stereocenters. The number of hydrogen-bond acceptors (Lipinski definition) is 9. The van der Waals surface area contributed by atoms with E-state index in [0.29, 0.717) is 44.1 Å². The van der Waals surface area contributed by atoms with Crippen LogP contribution >= 0.6 is 11.6 Å². The largest absolute Gasteiger partial charge is 0.461 e. The van der Waals surface area contributed by atoms with Gasteiger partial charge in [0.2, 0.25) is 0 Å². The van der Waals surface area contributed by atoms with Crippen LogP contribution in [-0.4, -0.2) is 102 Å². The third kappa shape index (κ3) is 7.18. The number of piperazine rings is 1. The minimum absolute atomic E-state index is 0.0373. The van der Waals surface area contributed by atoms with E-state index in [1.807, 2.05) is 39.8 Å². The molecule has 3 rings (SSSR count). The lowest BCUT2D eigenvalue weighted by Crippen LogP contribution is -2.58. The number of amides is 1. The summed E-state index contributed by atoms with van der Waals surface area (Å²) in [7, 11) is 5.64. The third-order valence-electron chi connectivity index (χ3n) is 7.16. The number of nitrogens with zero attached hydrogens (tertiary/aromatic N) is 6. The first-order valence-corrected chi connectivity index (χ1v) is 13.8.